The van der Waals surface area contributed by atoms with E-state index in [1.807, 2.05) is 0 Å². The van der Waals surface area contributed by atoms with E-state index in [1.165, 1.54) is 0 Å². The predicted octanol–water partition coefficient (Wildman–Crippen LogP) is 0.784. The van der Waals surface area contributed by atoms with E-state index in [2.05, 4.69) is 0 Å². The molecule has 1 heterocycles. The summed E-state index contributed by atoms with van der Waals surface area (Å²) >= 11 is 0. The minimum Gasteiger partial charge on any atom is -0.567 e. The van der Waals surface area contributed by atoms with Crippen molar-refractivity contribution in [3.05, 3.63) is 10.4 Å². The Morgan fingerprint density at radius 3 is 1.70 bits per heavy atom. The van der Waals surface area contributed by atoms with Crippen LogP contribution in [0.4, 0.5) is 0 Å². The van der Waals surface area contributed by atoms with E-state index in [-0.39, 0.29) is 12.1 Å². The molecule has 2 atom stereocenters. The number of hydrogen-bond acceptors (Lipinski definition) is 2. The van der Waals surface area contributed by atoms with Crippen molar-refractivity contribution in [3.8, 4) is 0 Å². The largest absolute Gasteiger partial charge is 0.567 e. The highest BCUT2D eigenvalue weighted by atomic mass is 16.6. The lowest BCUT2D eigenvalue weighted by molar-refractivity contribution is -1.07. The van der Waals surface area contributed by atoms with Gasteiger partial charge in [0.05, 0.1) is 0 Å². The van der Waals surface area contributed by atoms with E-state index >= 15 is 0 Å². The monoisotopic (exact) mass is 142 g/mol. The normalized spacial score (nSPS) is 38.8. The van der Waals surface area contributed by atoms with Gasteiger partial charge in [-0.2, -0.15) is 0 Å². The molecule has 0 aromatic rings. The van der Waals surface area contributed by atoms with Crippen molar-refractivity contribution in [3.63, 3.8) is 0 Å². The van der Waals surface area contributed by atoms with Crippen molar-refractivity contribution in [2.24, 2.45) is 0 Å². The van der Waals surface area contributed by atoms with Gasteiger partial charge in [-0.15, -0.1) is 0 Å². The molecule has 0 bridgehead atoms. The van der Waals surface area contributed by atoms with Crippen molar-refractivity contribution in [2.75, 3.05) is 0 Å². The fraction of sp³-hybridized carbons (Fsp3) is 1.00. The van der Waals surface area contributed by atoms with Crippen LogP contribution in [0.1, 0.15) is 25.7 Å². The maximum absolute atomic E-state index is 10.7. The number of hydroxylamine groups is 2. The zero-order valence-electron chi connectivity index (χ0n) is 5.69. The molecule has 56 valence electrons. The molecule has 0 N–H and O–H groups in total. The Balaban J connectivity index is 2.16. The van der Waals surface area contributed by atoms with Gasteiger partial charge in [0, 0.05) is 22.6 Å². The Bertz CT molecular complexity index is 170. The highest BCUT2D eigenvalue weighted by molar-refractivity contribution is 4.75. The van der Waals surface area contributed by atoms with E-state index < -0.39 is 0 Å². The molecule has 4 heteroatoms. The smallest absolute Gasteiger partial charge is 0.297 e. The second-order valence-corrected chi connectivity index (χ2v) is 3.02. The summed E-state index contributed by atoms with van der Waals surface area (Å²) in [5.74, 6) is 0. The molecule has 0 spiro atoms. The first-order valence-corrected chi connectivity index (χ1v) is 3.73. The summed E-state index contributed by atoms with van der Waals surface area (Å²) in [7, 11) is 0. The summed E-state index contributed by atoms with van der Waals surface area (Å²) in [5, 5.41) is 21.5. The topological polar surface area (TPSA) is 52.1 Å². The van der Waals surface area contributed by atoms with Crippen LogP contribution in [0.3, 0.4) is 0 Å². The third-order valence-electron chi connectivity index (χ3n) is 2.46. The van der Waals surface area contributed by atoms with Crippen molar-refractivity contribution in [1.29, 1.82) is 0 Å². The molecule has 0 amide bonds. The molecule has 0 aromatic carbocycles. The van der Waals surface area contributed by atoms with Gasteiger partial charge < -0.3 is 10.4 Å². The highest BCUT2D eigenvalue weighted by Gasteiger charge is 2.53. The average molecular weight is 142 g/mol. The summed E-state index contributed by atoms with van der Waals surface area (Å²) in [6, 6.07) is 0.0394. The van der Waals surface area contributed by atoms with Crippen LogP contribution in [0.2, 0.25) is 0 Å². The second kappa shape index (κ2) is 1.84. The first kappa shape index (κ1) is 5.95. The minimum atomic E-state index is 0.0197. The highest BCUT2D eigenvalue weighted by Crippen LogP contribution is 2.28. The van der Waals surface area contributed by atoms with Gasteiger partial charge >= 0.3 is 0 Å². The van der Waals surface area contributed by atoms with Gasteiger partial charge in [-0.3, -0.25) is 0 Å². The summed E-state index contributed by atoms with van der Waals surface area (Å²) < 4.78 is 0. The maximum atomic E-state index is 10.7. The molecule has 2 unspecified atom stereocenters. The molecule has 1 aliphatic carbocycles. The predicted molar refractivity (Wildman–Crippen MR) is 33.3 cm³/mol. The number of nitrogens with zero attached hydrogens (tertiary/aromatic N) is 2. The summed E-state index contributed by atoms with van der Waals surface area (Å²) in [6.07, 6.45) is 4.03. The van der Waals surface area contributed by atoms with E-state index in [4.69, 9.17) is 0 Å². The molecule has 0 radical (unpaired) electrons. The molecule has 1 aliphatic heterocycles. The Morgan fingerprint density at radius 1 is 0.900 bits per heavy atom. The number of azo groups is 1. The molecule has 10 heavy (non-hydrogen) atoms. The zero-order valence-corrected chi connectivity index (χ0v) is 5.69. The molecule has 0 saturated heterocycles. The Kier molecular flexibility index (Phi) is 1.09. The van der Waals surface area contributed by atoms with Crippen LogP contribution in [-0.4, -0.2) is 21.8 Å². The zero-order chi connectivity index (χ0) is 7.14. The molecule has 0 aromatic heterocycles. The van der Waals surface area contributed by atoms with Gasteiger partial charge in [-0.05, 0) is 12.8 Å². The van der Waals surface area contributed by atoms with Gasteiger partial charge in [0.1, 0.15) is 0 Å². The SMILES string of the molecule is [O-][N+]1=[N+]([O-])C2CCCCC21. The molecule has 2 rings (SSSR count). The van der Waals surface area contributed by atoms with Crippen molar-refractivity contribution >= 4 is 0 Å². The van der Waals surface area contributed by atoms with Crippen LogP contribution in [0.5, 0.6) is 0 Å². The fourth-order valence-electron chi connectivity index (χ4n) is 1.83. The quantitative estimate of drug-likeness (QED) is 0.370. The molecular formula is C6H10N2O2. The van der Waals surface area contributed by atoms with Crippen LogP contribution in [0, 0.1) is 10.4 Å². The number of rotatable bonds is 0. The van der Waals surface area contributed by atoms with E-state index in [9.17, 15) is 10.4 Å². The van der Waals surface area contributed by atoms with Crippen LogP contribution in [0.15, 0.2) is 0 Å². The van der Waals surface area contributed by atoms with Crippen molar-refractivity contribution in [1.82, 2.24) is 0 Å². The van der Waals surface area contributed by atoms with Gasteiger partial charge in [0.15, 0.2) is 0 Å². The fourth-order valence-corrected chi connectivity index (χ4v) is 1.83. The number of fused-ring (bicyclic) bond motifs is 1. The summed E-state index contributed by atoms with van der Waals surface area (Å²) in [4.78, 5) is 1.15. The number of hydrogen-bond donors (Lipinski definition) is 0. The lowest BCUT2D eigenvalue weighted by Gasteiger charge is -2.30. The van der Waals surface area contributed by atoms with Gasteiger partial charge in [-0.25, -0.2) is 0 Å². The Morgan fingerprint density at radius 2 is 1.30 bits per heavy atom. The Hall–Kier alpha value is -0.800. The Labute approximate surface area is 58.9 Å². The van der Waals surface area contributed by atoms with Gasteiger partial charge in [0.2, 0.25) is 0 Å². The van der Waals surface area contributed by atoms with E-state index in [0.29, 0.717) is 9.72 Å². The van der Waals surface area contributed by atoms with Crippen LogP contribution in [0.25, 0.3) is 0 Å². The summed E-state index contributed by atoms with van der Waals surface area (Å²) in [5.41, 5.74) is 0. The first-order valence-electron chi connectivity index (χ1n) is 3.73. The van der Waals surface area contributed by atoms with Crippen LogP contribution in [-0.2, 0) is 0 Å². The van der Waals surface area contributed by atoms with Crippen molar-refractivity contribution in [2.45, 2.75) is 37.8 Å². The van der Waals surface area contributed by atoms with Crippen LogP contribution < -0.4 is 0 Å². The van der Waals surface area contributed by atoms with Crippen molar-refractivity contribution < 1.29 is 9.72 Å². The molecule has 1 fully saturated rings. The van der Waals surface area contributed by atoms with E-state index in [0.717, 1.165) is 25.7 Å². The molecule has 2 aliphatic rings. The van der Waals surface area contributed by atoms with E-state index in [1.54, 1.807) is 0 Å². The standard InChI is InChI=1S/C6H10N2O2/c9-7-5-3-1-2-4-6(5)8(7)10/h5-6H,1-4H2. The maximum Gasteiger partial charge on any atom is 0.297 e. The lowest BCUT2D eigenvalue weighted by Crippen LogP contribution is -2.56. The van der Waals surface area contributed by atoms with Crippen LogP contribution >= 0.6 is 0 Å². The third-order valence-corrected chi connectivity index (χ3v) is 2.46. The average Bonchev–Trinajstić information content (AvgIpc) is 2.03. The van der Waals surface area contributed by atoms with Gasteiger partial charge in [-0.1, -0.05) is 0 Å². The molecule has 1 saturated carbocycles. The second-order valence-electron chi connectivity index (χ2n) is 3.02. The third kappa shape index (κ3) is 0.562. The first-order chi connectivity index (χ1) is 4.80. The molecule has 4 nitrogen and oxygen atoms in total. The molecular weight excluding hydrogens is 132 g/mol. The van der Waals surface area contributed by atoms with Gasteiger partial charge in [0.25, 0.3) is 12.1 Å². The lowest BCUT2D eigenvalue weighted by atomic mass is 9.89. The summed E-state index contributed by atoms with van der Waals surface area (Å²) in [6.45, 7) is 0. The minimum absolute atomic E-state index is 0.0197.